The Morgan fingerprint density at radius 2 is 2.09 bits per heavy atom. The molecule has 23 heavy (non-hydrogen) atoms. The monoisotopic (exact) mass is 350 g/mol. The zero-order chi connectivity index (χ0) is 16.6. The highest BCUT2D eigenvalue weighted by Crippen LogP contribution is 2.15. The SMILES string of the molecule is Cc1nc2c(C(=O)NCc3ccccc3Cl)c[nH]n2c(=O)c1Cl. The summed E-state index contributed by atoms with van der Waals surface area (Å²) >= 11 is 11.9. The molecule has 1 amide bonds. The van der Waals surface area contributed by atoms with Gasteiger partial charge in [0.2, 0.25) is 0 Å². The van der Waals surface area contributed by atoms with Crippen LogP contribution in [0.15, 0.2) is 35.3 Å². The quantitative estimate of drug-likeness (QED) is 0.761. The first kappa shape index (κ1) is 15.6. The van der Waals surface area contributed by atoms with Crippen molar-refractivity contribution >= 4 is 34.8 Å². The van der Waals surface area contributed by atoms with Crippen molar-refractivity contribution in [1.29, 1.82) is 0 Å². The Labute approximate surface area is 141 Å². The molecule has 2 N–H and O–H groups in total. The van der Waals surface area contributed by atoms with Gasteiger partial charge in [0.15, 0.2) is 5.65 Å². The lowest BCUT2D eigenvalue weighted by Gasteiger charge is -2.06. The minimum Gasteiger partial charge on any atom is -0.348 e. The van der Waals surface area contributed by atoms with Crippen LogP contribution < -0.4 is 10.9 Å². The fourth-order valence-electron chi connectivity index (χ4n) is 2.18. The number of benzene rings is 1. The van der Waals surface area contributed by atoms with Crippen LogP contribution in [-0.2, 0) is 6.54 Å². The third-order valence-corrected chi connectivity index (χ3v) is 4.22. The van der Waals surface area contributed by atoms with Crippen LogP contribution in [0.1, 0.15) is 21.6 Å². The van der Waals surface area contributed by atoms with Gasteiger partial charge in [0.25, 0.3) is 11.5 Å². The first-order chi connectivity index (χ1) is 11.0. The van der Waals surface area contributed by atoms with E-state index in [1.807, 2.05) is 18.2 Å². The number of fused-ring (bicyclic) bond motifs is 1. The van der Waals surface area contributed by atoms with E-state index < -0.39 is 5.56 Å². The summed E-state index contributed by atoms with van der Waals surface area (Å²) in [7, 11) is 0. The molecule has 0 radical (unpaired) electrons. The number of hydrogen-bond donors (Lipinski definition) is 2. The number of hydrogen-bond acceptors (Lipinski definition) is 3. The Morgan fingerprint density at radius 3 is 2.83 bits per heavy atom. The van der Waals surface area contributed by atoms with E-state index in [2.05, 4.69) is 15.4 Å². The maximum Gasteiger partial charge on any atom is 0.291 e. The fraction of sp³-hybridized carbons (Fsp3) is 0.133. The molecule has 0 unspecified atom stereocenters. The van der Waals surface area contributed by atoms with Gasteiger partial charge in [-0.05, 0) is 18.6 Å². The first-order valence-electron chi connectivity index (χ1n) is 6.77. The summed E-state index contributed by atoms with van der Waals surface area (Å²) in [5.41, 5.74) is 1.21. The molecular formula is C15H12Cl2N4O2. The van der Waals surface area contributed by atoms with Crippen LogP contribution in [0.4, 0.5) is 0 Å². The second kappa shape index (κ2) is 6.06. The molecule has 6 nitrogen and oxygen atoms in total. The Hall–Kier alpha value is -2.31. The minimum absolute atomic E-state index is 0.0207. The molecule has 0 saturated carbocycles. The Balaban J connectivity index is 1.90. The molecule has 2 heterocycles. The molecule has 0 spiro atoms. The predicted molar refractivity (Wildman–Crippen MR) is 88.2 cm³/mol. The van der Waals surface area contributed by atoms with E-state index >= 15 is 0 Å². The molecule has 0 bridgehead atoms. The molecule has 1 aromatic carbocycles. The number of carbonyl (C=O) groups is 1. The highest BCUT2D eigenvalue weighted by Gasteiger charge is 2.17. The summed E-state index contributed by atoms with van der Waals surface area (Å²) in [6, 6.07) is 7.23. The molecule has 0 atom stereocenters. The van der Waals surface area contributed by atoms with Crippen molar-refractivity contribution in [1.82, 2.24) is 19.9 Å². The van der Waals surface area contributed by atoms with Crippen LogP contribution in [-0.4, -0.2) is 20.5 Å². The van der Waals surface area contributed by atoms with Gasteiger partial charge in [-0.25, -0.2) is 4.98 Å². The van der Waals surface area contributed by atoms with Gasteiger partial charge in [0.1, 0.15) is 10.6 Å². The van der Waals surface area contributed by atoms with E-state index in [0.29, 0.717) is 10.7 Å². The van der Waals surface area contributed by atoms with Crippen molar-refractivity contribution in [3.63, 3.8) is 0 Å². The second-order valence-electron chi connectivity index (χ2n) is 4.94. The van der Waals surface area contributed by atoms with Crippen LogP contribution in [0.5, 0.6) is 0 Å². The predicted octanol–water partition coefficient (Wildman–Crippen LogP) is 2.57. The lowest BCUT2D eigenvalue weighted by atomic mass is 10.2. The molecule has 0 fully saturated rings. The topological polar surface area (TPSA) is 79.3 Å². The Kier molecular flexibility index (Phi) is 4.11. The van der Waals surface area contributed by atoms with E-state index in [1.165, 1.54) is 6.20 Å². The molecule has 2 aromatic heterocycles. The lowest BCUT2D eigenvalue weighted by molar-refractivity contribution is 0.0952. The van der Waals surface area contributed by atoms with Crippen LogP contribution in [0, 0.1) is 6.92 Å². The lowest BCUT2D eigenvalue weighted by Crippen LogP contribution is -2.24. The standard InChI is InChI=1S/C15H12Cl2N4O2/c1-8-12(17)15(23)21-13(20-8)10(7-19-21)14(22)18-6-9-4-2-3-5-11(9)16/h2-5,7,19H,6H2,1H3,(H,18,22). The van der Waals surface area contributed by atoms with Gasteiger partial charge in [0.05, 0.1) is 5.69 Å². The first-order valence-corrected chi connectivity index (χ1v) is 7.52. The van der Waals surface area contributed by atoms with E-state index in [9.17, 15) is 9.59 Å². The highest BCUT2D eigenvalue weighted by molar-refractivity contribution is 6.31. The van der Waals surface area contributed by atoms with Crippen LogP contribution in [0.25, 0.3) is 5.65 Å². The maximum absolute atomic E-state index is 12.3. The van der Waals surface area contributed by atoms with Crippen LogP contribution in [0.3, 0.4) is 0 Å². The summed E-state index contributed by atoms with van der Waals surface area (Å²) in [5, 5.41) is 6.04. The van der Waals surface area contributed by atoms with Gasteiger partial charge < -0.3 is 5.32 Å². The third kappa shape index (κ3) is 2.83. The fourth-order valence-corrected chi connectivity index (χ4v) is 2.51. The molecule has 8 heteroatoms. The molecular weight excluding hydrogens is 339 g/mol. The van der Waals surface area contributed by atoms with E-state index in [-0.39, 0.29) is 28.7 Å². The summed E-state index contributed by atoms with van der Waals surface area (Å²) in [4.78, 5) is 28.6. The number of nitrogens with one attached hydrogen (secondary N) is 2. The zero-order valence-corrected chi connectivity index (χ0v) is 13.6. The number of aryl methyl sites for hydroxylation is 1. The number of amides is 1. The summed E-state index contributed by atoms with van der Waals surface area (Å²) < 4.78 is 1.14. The van der Waals surface area contributed by atoms with Gasteiger partial charge in [-0.2, -0.15) is 4.52 Å². The average molecular weight is 351 g/mol. The average Bonchev–Trinajstić information content (AvgIpc) is 2.95. The third-order valence-electron chi connectivity index (χ3n) is 3.41. The number of aromatic nitrogens is 3. The molecule has 118 valence electrons. The van der Waals surface area contributed by atoms with Crippen molar-refractivity contribution in [3.05, 3.63) is 67.7 Å². The van der Waals surface area contributed by atoms with Gasteiger partial charge in [-0.3, -0.25) is 14.7 Å². The molecule has 0 aliphatic rings. The molecule has 0 aliphatic carbocycles. The van der Waals surface area contributed by atoms with Crippen LogP contribution >= 0.6 is 23.2 Å². The molecule has 3 aromatic rings. The van der Waals surface area contributed by atoms with Gasteiger partial charge in [0, 0.05) is 17.8 Å². The van der Waals surface area contributed by atoms with Crippen molar-refractivity contribution in [2.75, 3.05) is 0 Å². The Morgan fingerprint density at radius 1 is 1.35 bits per heavy atom. The van der Waals surface area contributed by atoms with E-state index in [1.54, 1.807) is 13.0 Å². The van der Waals surface area contributed by atoms with Crippen molar-refractivity contribution < 1.29 is 4.79 Å². The second-order valence-corrected chi connectivity index (χ2v) is 5.72. The van der Waals surface area contributed by atoms with Crippen LogP contribution in [0.2, 0.25) is 10.0 Å². The minimum atomic E-state index is -0.445. The summed E-state index contributed by atoms with van der Waals surface area (Å²) in [6.07, 6.45) is 1.42. The zero-order valence-electron chi connectivity index (χ0n) is 12.1. The summed E-state index contributed by atoms with van der Waals surface area (Å²) in [5.74, 6) is -0.364. The normalized spacial score (nSPS) is 10.9. The number of carbonyl (C=O) groups excluding carboxylic acids is 1. The largest absolute Gasteiger partial charge is 0.348 e. The van der Waals surface area contributed by atoms with Gasteiger partial charge in [-0.1, -0.05) is 41.4 Å². The van der Waals surface area contributed by atoms with E-state index in [0.717, 1.165) is 10.1 Å². The van der Waals surface area contributed by atoms with Crippen molar-refractivity contribution in [2.45, 2.75) is 13.5 Å². The number of halogens is 2. The number of nitrogens with zero attached hydrogens (tertiary/aromatic N) is 2. The smallest absolute Gasteiger partial charge is 0.291 e. The molecule has 0 saturated heterocycles. The van der Waals surface area contributed by atoms with Gasteiger partial charge >= 0.3 is 0 Å². The number of aromatic amines is 1. The van der Waals surface area contributed by atoms with Crippen molar-refractivity contribution in [3.8, 4) is 0 Å². The number of rotatable bonds is 3. The molecule has 3 rings (SSSR count). The van der Waals surface area contributed by atoms with E-state index in [4.69, 9.17) is 23.2 Å². The maximum atomic E-state index is 12.3. The highest BCUT2D eigenvalue weighted by atomic mass is 35.5. The van der Waals surface area contributed by atoms with Crippen molar-refractivity contribution in [2.24, 2.45) is 0 Å². The Bertz CT molecular complexity index is 962. The summed E-state index contributed by atoms with van der Waals surface area (Å²) in [6.45, 7) is 1.88. The van der Waals surface area contributed by atoms with Gasteiger partial charge in [-0.15, -0.1) is 0 Å². The molecule has 0 aliphatic heterocycles. The number of H-pyrrole nitrogens is 1.